The van der Waals surface area contributed by atoms with E-state index in [1.165, 1.54) is 0 Å². The molecular formula is C11H16N2O2. The van der Waals surface area contributed by atoms with Gasteiger partial charge in [0, 0.05) is 12.2 Å². The van der Waals surface area contributed by atoms with Crippen LogP contribution < -0.4 is 0 Å². The van der Waals surface area contributed by atoms with Crippen LogP contribution in [-0.4, -0.2) is 20.6 Å². The average Bonchev–Trinajstić information content (AvgIpc) is 2.55. The molecule has 1 aromatic heterocycles. The van der Waals surface area contributed by atoms with Crippen molar-refractivity contribution in [2.75, 3.05) is 0 Å². The van der Waals surface area contributed by atoms with Gasteiger partial charge in [0.15, 0.2) is 0 Å². The Morgan fingerprint density at radius 3 is 3.00 bits per heavy atom. The summed E-state index contributed by atoms with van der Waals surface area (Å²) in [5.74, 6) is -0.399. The Hall–Kier alpha value is -1.32. The van der Waals surface area contributed by atoms with Gasteiger partial charge in [-0.25, -0.2) is 4.98 Å². The fraction of sp³-hybridized carbons (Fsp3) is 0.636. The summed E-state index contributed by atoms with van der Waals surface area (Å²) >= 11 is 0. The number of aryl methyl sites for hydroxylation is 1. The van der Waals surface area contributed by atoms with Crippen LogP contribution in [0.4, 0.5) is 0 Å². The minimum Gasteiger partial charge on any atom is -0.481 e. The predicted octanol–water partition coefficient (Wildman–Crippen LogP) is 1.72. The lowest BCUT2D eigenvalue weighted by Crippen LogP contribution is -2.22. The molecule has 1 atom stereocenters. The second-order valence-corrected chi connectivity index (χ2v) is 4.04. The van der Waals surface area contributed by atoms with Gasteiger partial charge in [-0.3, -0.25) is 4.79 Å². The first kappa shape index (κ1) is 10.2. The van der Waals surface area contributed by atoms with Crippen LogP contribution in [0.5, 0.6) is 0 Å². The second kappa shape index (κ2) is 3.68. The van der Waals surface area contributed by atoms with Gasteiger partial charge in [0.25, 0.3) is 0 Å². The number of aromatic nitrogens is 2. The Labute approximate surface area is 88.9 Å². The summed E-state index contributed by atoms with van der Waals surface area (Å²) in [6.07, 6.45) is 2.53. The fourth-order valence-electron chi connectivity index (χ4n) is 2.31. The van der Waals surface area contributed by atoms with Gasteiger partial charge >= 0.3 is 5.97 Å². The van der Waals surface area contributed by atoms with E-state index in [1.807, 2.05) is 6.92 Å². The summed E-state index contributed by atoms with van der Waals surface area (Å²) in [7, 11) is 0. The molecule has 1 aromatic rings. The maximum absolute atomic E-state index is 11.1. The number of rotatable bonds is 2. The van der Waals surface area contributed by atoms with E-state index in [4.69, 9.17) is 5.11 Å². The Kier molecular flexibility index (Phi) is 2.50. The van der Waals surface area contributed by atoms with Crippen LogP contribution in [0.1, 0.15) is 42.9 Å². The number of aliphatic carboxylic acids is 1. The number of imidazole rings is 1. The summed E-state index contributed by atoms with van der Waals surface area (Å²) < 4.78 is 2.07. The molecule has 4 heteroatoms. The Morgan fingerprint density at radius 1 is 1.67 bits per heavy atom. The maximum Gasteiger partial charge on any atom is 0.314 e. The summed E-state index contributed by atoms with van der Waals surface area (Å²) in [5.41, 5.74) is 2.18. The number of hydrogen-bond donors (Lipinski definition) is 1. The smallest absolute Gasteiger partial charge is 0.314 e. The van der Waals surface area contributed by atoms with Crippen LogP contribution in [0.2, 0.25) is 0 Å². The minimum atomic E-state index is -0.747. The highest BCUT2D eigenvalue weighted by atomic mass is 16.4. The maximum atomic E-state index is 11.1. The third-order valence-electron chi connectivity index (χ3n) is 3.17. The zero-order valence-corrected chi connectivity index (χ0v) is 9.16. The molecular weight excluding hydrogens is 192 g/mol. The van der Waals surface area contributed by atoms with Gasteiger partial charge in [0.1, 0.15) is 11.7 Å². The highest BCUT2D eigenvalue weighted by Gasteiger charge is 2.29. The summed E-state index contributed by atoms with van der Waals surface area (Å²) in [4.78, 5) is 15.5. The van der Waals surface area contributed by atoms with E-state index in [0.29, 0.717) is 0 Å². The Balaban J connectivity index is 2.48. The van der Waals surface area contributed by atoms with Gasteiger partial charge in [0.2, 0.25) is 0 Å². The lowest BCUT2D eigenvalue weighted by Gasteiger charge is -2.20. The van der Waals surface area contributed by atoms with Crippen LogP contribution >= 0.6 is 0 Å². The topological polar surface area (TPSA) is 55.1 Å². The van der Waals surface area contributed by atoms with E-state index in [2.05, 4.69) is 16.5 Å². The number of carboxylic acid groups (broad SMARTS) is 1. The first-order valence-corrected chi connectivity index (χ1v) is 5.43. The minimum absolute atomic E-state index is 0.405. The van der Waals surface area contributed by atoms with Gasteiger partial charge in [-0.15, -0.1) is 0 Å². The van der Waals surface area contributed by atoms with Crippen molar-refractivity contribution in [2.45, 2.75) is 45.6 Å². The molecule has 4 nitrogen and oxygen atoms in total. The zero-order valence-electron chi connectivity index (χ0n) is 9.16. The standard InChI is InChI=1S/C11H16N2O2/c1-3-9-7(2)13-6-4-5-8(11(14)15)10(13)12-9/h8H,3-6H2,1-2H3,(H,14,15). The van der Waals surface area contributed by atoms with E-state index in [0.717, 1.165) is 43.0 Å². The molecule has 0 spiro atoms. The Bertz CT molecular complexity index is 396. The first-order chi connectivity index (χ1) is 7.15. The van der Waals surface area contributed by atoms with Gasteiger partial charge < -0.3 is 9.67 Å². The number of carbonyl (C=O) groups is 1. The lowest BCUT2D eigenvalue weighted by atomic mass is 9.99. The summed E-state index contributed by atoms with van der Waals surface area (Å²) in [6, 6.07) is 0. The molecule has 0 aromatic carbocycles. The second-order valence-electron chi connectivity index (χ2n) is 4.04. The molecule has 0 amide bonds. The van der Waals surface area contributed by atoms with Crippen molar-refractivity contribution in [1.82, 2.24) is 9.55 Å². The number of carboxylic acids is 1. The largest absolute Gasteiger partial charge is 0.481 e. The summed E-state index contributed by atoms with van der Waals surface area (Å²) in [6.45, 7) is 4.99. The van der Waals surface area contributed by atoms with Crippen LogP contribution in [-0.2, 0) is 17.8 Å². The van der Waals surface area contributed by atoms with Crippen molar-refractivity contribution >= 4 is 5.97 Å². The molecule has 1 N–H and O–H groups in total. The third-order valence-corrected chi connectivity index (χ3v) is 3.17. The van der Waals surface area contributed by atoms with Gasteiger partial charge in [0.05, 0.1) is 5.69 Å². The molecule has 82 valence electrons. The number of fused-ring (bicyclic) bond motifs is 1. The summed E-state index contributed by atoms with van der Waals surface area (Å²) in [5, 5.41) is 9.10. The molecule has 1 aliphatic heterocycles. The van der Waals surface area contributed by atoms with Crippen LogP contribution in [0.25, 0.3) is 0 Å². The van der Waals surface area contributed by atoms with E-state index in [9.17, 15) is 4.79 Å². The molecule has 0 aliphatic carbocycles. The molecule has 0 radical (unpaired) electrons. The van der Waals surface area contributed by atoms with Crippen LogP contribution in [0, 0.1) is 6.92 Å². The van der Waals surface area contributed by atoms with Gasteiger partial charge in [-0.1, -0.05) is 6.92 Å². The van der Waals surface area contributed by atoms with Crippen molar-refractivity contribution in [1.29, 1.82) is 0 Å². The third kappa shape index (κ3) is 1.54. The molecule has 0 fully saturated rings. The van der Waals surface area contributed by atoms with Gasteiger partial charge in [-0.2, -0.15) is 0 Å². The molecule has 15 heavy (non-hydrogen) atoms. The van der Waals surface area contributed by atoms with E-state index in [1.54, 1.807) is 0 Å². The van der Waals surface area contributed by atoms with Crippen LogP contribution in [0.3, 0.4) is 0 Å². The SMILES string of the molecule is CCc1nc2n(c1C)CCCC2C(=O)O. The molecule has 1 aliphatic rings. The van der Waals surface area contributed by atoms with Crippen molar-refractivity contribution in [3.05, 3.63) is 17.2 Å². The lowest BCUT2D eigenvalue weighted by molar-refractivity contribution is -0.139. The molecule has 1 unspecified atom stereocenters. The highest BCUT2D eigenvalue weighted by Crippen LogP contribution is 2.29. The predicted molar refractivity (Wildman–Crippen MR) is 56.0 cm³/mol. The highest BCUT2D eigenvalue weighted by molar-refractivity contribution is 5.75. The number of nitrogens with zero attached hydrogens (tertiary/aromatic N) is 2. The first-order valence-electron chi connectivity index (χ1n) is 5.43. The van der Waals surface area contributed by atoms with E-state index >= 15 is 0 Å². The van der Waals surface area contributed by atoms with Gasteiger partial charge in [-0.05, 0) is 26.2 Å². The van der Waals surface area contributed by atoms with Crippen molar-refractivity contribution in [2.24, 2.45) is 0 Å². The van der Waals surface area contributed by atoms with Crippen molar-refractivity contribution < 1.29 is 9.90 Å². The molecule has 2 rings (SSSR count). The number of hydrogen-bond acceptors (Lipinski definition) is 2. The fourth-order valence-corrected chi connectivity index (χ4v) is 2.31. The normalized spacial score (nSPS) is 20.0. The van der Waals surface area contributed by atoms with Crippen LogP contribution in [0.15, 0.2) is 0 Å². The zero-order chi connectivity index (χ0) is 11.0. The quantitative estimate of drug-likeness (QED) is 0.805. The molecule has 0 saturated carbocycles. The molecule has 0 saturated heterocycles. The Morgan fingerprint density at radius 2 is 2.40 bits per heavy atom. The molecule has 2 heterocycles. The van der Waals surface area contributed by atoms with Crippen molar-refractivity contribution in [3.8, 4) is 0 Å². The van der Waals surface area contributed by atoms with Crippen molar-refractivity contribution in [3.63, 3.8) is 0 Å². The monoisotopic (exact) mass is 208 g/mol. The van der Waals surface area contributed by atoms with E-state index < -0.39 is 11.9 Å². The molecule has 0 bridgehead atoms. The van der Waals surface area contributed by atoms with E-state index in [-0.39, 0.29) is 0 Å². The average molecular weight is 208 g/mol.